The zero-order chi connectivity index (χ0) is 12.8. The number of aromatic nitrogens is 2. The Balaban J connectivity index is 1.46. The van der Waals surface area contributed by atoms with E-state index in [0.29, 0.717) is 5.92 Å². The first-order valence-corrected chi connectivity index (χ1v) is 7.10. The minimum atomic E-state index is 0.193. The second-order valence-corrected chi connectivity index (χ2v) is 6.07. The van der Waals surface area contributed by atoms with Crippen molar-refractivity contribution in [2.75, 3.05) is 31.1 Å². The number of rotatable bonds is 3. The van der Waals surface area contributed by atoms with E-state index in [1.807, 2.05) is 4.90 Å². The van der Waals surface area contributed by atoms with Crippen LogP contribution in [0.5, 0.6) is 0 Å². The maximum Gasteiger partial charge on any atom is 0.231 e. The van der Waals surface area contributed by atoms with Crippen molar-refractivity contribution < 1.29 is 4.79 Å². The fourth-order valence-corrected chi connectivity index (χ4v) is 3.43. The second-order valence-electron chi connectivity index (χ2n) is 6.07. The van der Waals surface area contributed by atoms with Crippen LogP contribution in [-0.2, 0) is 4.79 Å². The summed E-state index contributed by atoms with van der Waals surface area (Å²) in [7, 11) is 0. The van der Waals surface area contributed by atoms with Gasteiger partial charge in [0.2, 0.25) is 5.91 Å². The molecule has 0 bridgehead atoms. The summed E-state index contributed by atoms with van der Waals surface area (Å²) in [6.07, 6.45) is 7.73. The molecule has 5 nitrogen and oxygen atoms in total. The summed E-state index contributed by atoms with van der Waals surface area (Å²) < 4.78 is 0. The van der Waals surface area contributed by atoms with Crippen molar-refractivity contribution in [2.24, 2.45) is 17.8 Å². The first-order chi connectivity index (χ1) is 9.31. The van der Waals surface area contributed by atoms with Gasteiger partial charge in [0.05, 0.1) is 24.0 Å². The Kier molecular flexibility index (Phi) is 2.55. The van der Waals surface area contributed by atoms with Gasteiger partial charge in [0.15, 0.2) is 0 Å². The van der Waals surface area contributed by atoms with Gasteiger partial charge in [-0.1, -0.05) is 0 Å². The van der Waals surface area contributed by atoms with Gasteiger partial charge < -0.3 is 9.80 Å². The number of fused-ring (bicyclic) bond motifs is 1. The van der Waals surface area contributed by atoms with Gasteiger partial charge in [-0.2, -0.15) is 0 Å². The Labute approximate surface area is 112 Å². The Morgan fingerprint density at radius 2 is 1.95 bits per heavy atom. The van der Waals surface area contributed by atoms with Gasteiger partial charge in [0.1, 0.15) is 6.33 Å². The van der Waals surface area contributed by atoms with E-state index in [0.717, 1.165) is 31.2 Å². The molecule has 0 N–H and O–H groups in total. The number of carbonyl (C=O) groups is 1. The highest BCUT2D eigenvalue weighted by molar-refractivity contribution is 5.97. The number of likely N-dealkylation sites (tertiary alicyclic amines) is 1. The third-order valence-electron chi connectivity index (χ3n) is 4.59. The minimum Gasteiger partial charge on any atom is -0.309 e. The lowest BCUT2D eigenvalue weighted by molar-refractivity contribution is -0.120. The summed E-state index contributed by atoms with van der Waals surface area (Å²) >= 11 is 0. The zero-order valence-corrected chi connectivity index (χ0v) is 10.9. The molecule has 1 aromatic heterocycles. The lowest BCUT2D eigenvalue weighted by atomic mass is 10.0. The molecular weight excluding hydrogens is 240 g/mol. The largest absolute Gasteiger partial charge is 0.309 e. The molecule has 1 aliphatic carbocycles. The molecule has 1 saturated carbocycles. The van der Waals surface area contributed by atoms with Crippen LogP contribution in [-0.4, -0.2) is 47.0 Å². The molecule has 5 heteroatoms. The van der Waals surface area contributed by atoms with Crippen LogP contribution in [0, 0.1) is 17.8 Å². The minimum absolute atomic E-state index is 0.193. The van der Waals surface area contributed by atoms with Crippen LogP contribution in [0.2, 0.25) is 0 Å². The maximum absolute atomic E-state index is 12.5. The summed E-state index contributed by atoms with van der Waals surface area (Å²) in [6.45, 7) is 4.06. The molecule has 0 aromatic carbocycles. The molecule has 19 heavy (non-hydrogen) atoms. The van der Waals surface area contributed by atoms with Gasteiger partial charge >= 0.3 is 0 Å². The Morgan fingerprint density at radius 3 is 2.63 bits per heavy atom. The fraction of sp³-hybridized carbons (Fsp3) is 0.643. The number of hydrogen-bond donors (Lipinski definition) is 0. The maximum atomic E-state index is 12.5. The molecule has 2 aliphatic heterocycles. The molecule has 3 heterocycles. The van der Waals surface area contributed by atoms with Gasteiger partial charge in [0.25, 0.3) is 0 Å². The molecule has 100 valence electrons. The van der Waals surface area contributed by atoms with Crippen molar-refractivity contribution in [1.82, 2.24) is 14.9 Å². The first kappa shape index (κ1) is 11.3. The second kappa shape index (κ2) is 4.27. The van der Waals surface area contributed by atoms with E-state index in [9.17, 15) is 4.79 Å². The summed E-state index contributed by atoms with van der Waals surface area (Å²) in [6, 6.07) is 0. The summed E-state index contributed by atoms with van der Waals surface area (Å²) in [5.74, 6) is 1.86. The standard InChI is InChI=1S/C14H18N4O/c19-14-13-8-17(5-10-1-2-10)6-11(13)7-18(14)12-3-15-9-16-4-12/h3-4,9-11,13H,1-2,5-8H2/t11-,13-/m1/s1. The number of nitrogens with zero attached hydrogens (tertiary/aromatic N) is 4. The molecule has 4 rings (SSSR count). The summed E-state index contributed by atoms with van der Waals surface area (Å²) in [5.41, 5.74) is 0.843. The molecule has 0 radical (unpaired) electrons. The van der Waals surface area contributed by atoms with Crippen molar-refractivity contribution in [2.45, 2.75) is 12.8 Å². The van der Waals surface area contributed by atoms with E-state index in [-0.39, 0.29) is 11.8 Å². The number of amides is 1. The number of carbonyl (C=O) groups excluding carboxylic acids is 1. The van der Waals surface area contributed by atoms with Crippen molar-refractivity contribution in [3.05, 3.63) is 18.7 Å². The SMILES string of the molecule is O=C1[C@@H]2CN(CC3CC3)C[C@@H]2CN1c1cncnc1. The highest BCUT2D eigenvalue weighted by atomic mass is 16.2. The van der Waals surface area contributed by atoms with Gasteiger partial charge in [-0.05, 0) is 18.8 Å². The van der Waals surface area contributed by atoms with Gasteiger partial charge in [0, 0.05) is 32.1 Å². The molecule has 3 fully saturated rings. The summed E-state index contributed by atoms with van der Waals surface area (Å²) in [5, 5.41) is 0. The van der Waals surface area contributed by atoms with Gasteiger partial charge in [-0.15, -0.1) is 0 Å². The van der Waals surface area contributed by atoms with Crippen LogP contribution in [0.15, 0.2) is 18.7 Å². The fourth-order valence-electron chi connectivity index (χ4n) is 3.43. The third kappa shape index (κ3) is 2.02. The van der Waals surface area contributed by atoms with Crippen LogP contribution in [0.25, 0.3) is 0 Å². The molecule has 3 aliphatic rings. The van der Waals surface area contributed by atoms with Crippen LogP contribution >= 0.6 is 0 Å². The van der Waals surface area contributed by atoms with Crippen molar-refractivity contribution in [3.63, 3.8) is 0 Å². The zero-order valence-electron chi connectivity index (χ0n) is 10.9. The molecule has 0 spiro atoms. The highest BCUT2D eigenvalue weighted by Gasteiger charge is 2.47. The van der Waals surface area contributed by atoms with Crippen molar-refractivity contribution >= 4 is 11.6 Å². The monoisotopic (exact) mass is 258 g/mol. The Bertz CT molecular complexity index is 487. The number of anilines is 1. The van der Waals surface area contributed by atoms with E-state index in [4.69, 9.17) is 0 Å². The average molecular weight is 258 g/mol. The predicted octanol–water partition coefficient (Wildman–Crippen LogP) is 0.781. The predicted molar refractivity (Wildman–Crippen MR) is 70.5 cm³/mol. The van der Waals surface area contributed by atoms with Gasteiger partial charge in [-0.25, -0.2) is 9.97 Å². The van der Waals surface area contributed by atoms with Gasteiger partial charge in [-0.3, -0.25) is 4.79 Å². The molecular formula is C14H18N4O. The third-order valence-corrected chi connectivity index (χ3v) is 4.59. The highest BCUT2D eigenvalue weighted by Crippen LogP contribution is 2.37. The van der Waals surface area contributed by atoms with Crippen LogP contribution in [0.1, 0.15) is 12.8 Å². The van der Waals surface area contributed by atoms with E-state index >= 15 is 0 Å². The Morgan fingerprint density at radius 1 is 1.16 bits per heavy atom. The lowest BCUT2D eigenvalue weighted by Gasteiger charge is -2.21. The quantitative estimate of drug-likeness (QED) is 0.804. The topological polar surface area (TPSA) is 49.3 Å². The normalized spacial score (nSPS) is 30.9. The van der Waals surface area contributed by atoms with E-state index < -0.39 is 0 Å². The first-order valence-electron chi connectivity index (χ1n) is 7.10. The number of hydrogen-bond acceptors (Lipinski definition) is 4. The lowest BCUT2D eigenvalue weighted by Crippen LogP contribution is -2.33. The molecule has 2 saturated heterocycles. The van der Waals surface area contributed by atoms with E-state index in [1.165, 1.54) is 25.7 Å². The van der Waals surface area contributed by atoms with E-state index in [1.54, 1.807) is 12.4 Å². The van der Waals surface area contributed by atoms with Crippen LogP contribution < -0.4 is 4.90 Å². The average Bonchev–Trinajstić information content (AvgIpc) is 3.07. The summed E-state index contributed by atoms with van der Waals surface area (Å²) in [4.78, 5) is 24.8. The molecule has 1 aromatic rings. The molecule has 2 atom stereocenters. The van der Waals surface area contributed by atoms with Crippen LogP contribution in [0.4, 0.5) is 5.69 Å². The van der Waals surface area contributed by atoms with Crippen LogP contribution in [0.3, 0.4) is 0 Å². The Hall–Kier alpha value is -1.49. The smallest absolute Gasteiger partial charge is 0.231 e. The molecule has 0 unspecified atom stereocenters. The van der Waals surface area contributed by atoms with Crippen molar-refractivity contribution in [1.29, 1.82) is 0 Å². The van der Waals surface area contributed by atoms with E-state index in [2.05, 4.69) is 14.9 Å². The van der Waals surface area contributed by atoms with Crippen molar-refractivity contribution in [3.8, 4) is 0 Å². The molecule has 1 amide bonds.